The van der Waals surface area contributed by atoms with Crippen LogP contribution in [-0.4, -0.2) is 32.5 Å². The smallest absolute Gasteiger partial charge is 0.151 e. The van der Waals surface area contributed by atoms with E-state index in [2.05, 4.69) is 11.4 Å². The summed E-state index contributed by atoms with van der Waals surface area (Å²) in [5, 5.41) is 12.0. The largest absolute Gasteiger partial charge is 0.313 e. The minimum atomic E-state index is -2.79. The number of nitrogens with zero attached hydrogens (tertiary/aromatic N) is 1. The Kier molecular flexibility index (Phi) is 3.74. The van der Waals surface area contributed by atoms with Gasteiger partial charge in [0.1, 0.15) is 0 Å². The molecule has 4 nitrogen and oxygen atoms in total. The fraction of sp³-hybridized carbons (Fsp3) is 0.900. The fourth-order valence-corrected chi connectivity index (χ4v) is 3.31. The lowest BCUT2D eigenvalue weighted by molar-refractivity contribution is 0.415. The second kappa shape index (κ2) is 4.50. The van der Waals surface area contributed by atoms with Crippen LogP contribution in [0.3, 0.4) is 0 Å². The summed E-state index contributed by atoms with van der Waals surface area (Å²) in [7, 11) is -2.79. The van der Waals surface area contributed by atoms with E-state index in [-0.39, 0.29) is 17.2 Å². The summed E-state index contributed by atoms with van der Waals surface area (Å²) in [6, 6.07) is 2.31. The van der Waals surface area contributed by atoms with Crippen molar-refractivity contribution < 1.29 is 8.42 Å². The Morgan fingerprint density at radius 1 is 1.53 bits per heavy atom. The van der Waals surface area contributed by atoms with Crippen LogP contribution in [0.5, 0.6) is 0 Å². The third-order valence-corrected chi connectivity index (χ3v) is 4.49. The van der Waals surface area contributed by atoms with Crippen LogP contribution in [0.15, 0.2) is 0 Å². The highest BCUT2D eigenvalue weighted by molar-refractivity contribution is 7.91. The summed E-state index contributed by atoms with van der Waals surface area (Å²) in [4.78, 5) is 0. The molecule has 0 bridgehead atoms. The molecule has 1 N–H and O–H groups in total. The number of rotatable bonds is 4. The van der Waals surface area contributed by atoms with Gasteiger partial charge in [-0.1, -0.05) is 0 Å². The molecule has 1 rings (SSSR count). The summed E-state index contributed by atoms with van der Waals surface area (Å²) in [6.07, 6.45) is 1.45. The summed E-state index contributed by atoms with van der Waals surface area (Å²) in [5.41, 5.74) is -0.329. The zero-order valence-electron chi connectivity index (χ0n) is 9.28. The van der Waals surface area contributed by atoms with Gasteiger partial charge in [0.2, 0.25) is 0 Å². The van der Waals surface area contributed by atoms with Gasteiger partial charge in [0.25, 0.3) is 0 Å². The first-order chi connectivity index (χ1) is 6.85. The van der Waals surface area contributed by atoms with Crippen LogP contribution in [0.4, 0.5) is 0 Å². The number of nitriles is 1. The Balaban J connectivity index is 2.26. The molecule has 86 valence electrons. The van der Waals surface area contributed by atoms with Crippen molar-refractivity contribution in [3.63, 3.8) is 0 Å². The summed E-state index contributed by atoms with van der Waals surface area (Å²) in [5.74, 6) is 0.548. The second-order valence-electron chi connectivity index (χ2n) is 4.80. The Bertz CT molecular complexity index is 354. The molecular weight excluding hydrogens is 212 g/mol. The Hall–Kier alpha value is -0.600. The highest BCUT2D eigenvalue weighted by Gasteiger charge is 2.27. The van der Waals surface area contributed by atoms with Gasteiger partial charge in [-0.2, -0.15) is 5.26 Å². The predicted octanol–water partition coefficient (Wildman–Crippen LogP) is 0.703. The molecule has 15 heavy (non-hydrogen) atoms. The van der Waals surface area contributed by atoms with E-state index in [1.807, 2.05) is 13.8 Å². The third-order valence-electron chi connectivity index (χ3n) is 2.72. The van der Waals surface area contributed by atoms with Gasteiger partial charge in [0.05, 0.1) is 23.0 Å². The second-order valence-corrected chi connectivity index (χ2v) is 7.03. The molecule has 1 fully saturated rings. The summed E-state index contributed by atoms with van der Waals surface area (Å²) < 4.78 is 22.3. The first-order valence-electron chi connectivity index (χ1n) is 5.20. The van der Waals surface area contributed by atoms with Crippen LogP contribution in [0.2, 0.25) is 0 Å². The average molecular weight is 230 g/mol. The normalized spacial score (nSPS) is 25.0. The van der Waals surface area contributed by atoms with Gasteiger partial charge in [-0.25, -0.2) is 8.42 Å². The van der Waals surface area contributed by atoms with Crippen LogP contribution < -0.4 is 5.32 Å². The molecule has 1 atom stereocenters. The van der Waals surface area contributed by atoms with Crippen LogP contribution >= 0.6 is 0 Å². The van der Waals surface area contributed by atoms with E-state index in [1.165, 1.54) is 0 Å². The molecule has 0 amide bonds. The molecule has 1 aliphatic heterocycles. The lowest BCUT2D eigenvalue weighted by Gasteiger charge is -2.17. The Morgan fingerprint density at radius 3 is 2.67 bits per heavy atom. The first kappa shape index (κ1) is 12.5. The van der Waals surface area contributed by atoms with Crippen molar-refractivity contribution in [3.05, 3.63) is 0 Å². The molecule has 1 heterocycles. The van der Waals surface area contributed by atoms with E-state index >= 15 is 0 Å². The van der Waals surface area contributed by atoms with Gasteiger partial charge in [-0.15, -0.1) is 0 Å². The number of hydrogen-bond acceptors (Lipinski definition) is 4. The minimum absolute atomic E-state index is 0.0875. The van der Waals surface area contributed by atoms with Crippen molar-refractivity contribution >= 4 is 9.84 Å². The first-order valence-corrected chi connectivity index (χ1v) is 7.02. The lowest BCUT2D eigenvalue weighted by atomic mass is 9.91. The van der Waals surface area contributed by atoms with E-state index in [1.54, 1.807) is 0 Å². The zero-order chi connectivity index (χ0) is 11.5. The maximum Gasteiger partial charge on any atom is 0.151 e. The van der Waals surface area contributed by atoms with Gasteiger partial charge >= 0.3 is 0 Å². The molecule has 5 heteroatoms. The summed E-state index contributed by atoms with van der Waals surface area (Å²) >= 11 is 0. The van der Waals surface area contributed by atoms with Crippen molar-refractivity contribution in [2.24, 2.45) is 5.41 Å². The maximum absolute atomic E-state index is 11.2. The highest BCUT2D eigenvalue weighted by Crippen LogP contribution is 2.18. The molecule has 0 aromatic rings. The van der Waals surface area contributed by atoms with Gasteiger partial charge in [-0.05, 0) is 33.2 Å². The molecule has 0 aromatic carbocycles. The van der Waals surface area contributed by atoms with Crippen LogP contribution in [-0.2, 0) is 9.84 Å². The maximum atomic E-state index is 11.2. The zero-order valence-corrected chi connectivity index (χ0v) is 10.1. The molecule has 1 unspecified atom stereocenters. The minimum Gasteiger partial charge on any atom is -0.313 e. The third kappa shape index (κ3) is 4.18. The lowest BCUT2D eigenvalue weighted by Crippen LogP contribution is -2.32. The van der Waals surface area contributed by atoms with Crippen molar-refractivity contribution in [1.29, 1.82) is 5.26 Å². The van der Waals surface area contributed by atoms with Crippen LogP contribution in [0, 0.1) is 16.7 Å². The predicted molar refractivity (Wildman–Crippen MR) is 59.1 cm³/mol. The Morgan fingerprint density at radius 2 is 2.20 bits per heavy atom. The van der Waals surface area contributed by atoms with Crippen LogP contribution in [0.25, 0.3) is 0 Å². The fourth-order valence-electron chi connectivity index (χ4n) is 1.60. The van der Waals surface area contributed by atoms with E-state index in [0.29, 0.717) is 18.7 Å². The van der Waals surface area contributed by atoms with E-state index in [0.717, 1.165) is 6.42 Å². The summed E-state index contributed by atoms with van der Waals surface area (Å²) in [6.45, 7) is 4.49. The quantitative estimate of drug-likeness (QED) is 0.772. The van der Waals surface area contributed by atoms with E-state index in [4.69, 9.17) is 5.26 Å². The monoisotopic (exact) mass is 230 g/mol. The topological polar surface area (TPSA) is 70.0 Å². The SMILES string of the molecule is CC(C)(C#N)CCNC1CCS(=O)(=O)C1. The van der Waals surface area contributed by atoms with Crippen molar-refractivity contribution in [1.82, 2.24) is 5.32 Å². The highest BCUT2D eigenvalue weighted by atomic mass is 32.2. The molecule has 1 saturated heterocycles. The van der Waals surface area contributed by atoms with Crippen LogP contribution in [0.1, 0.15) is 26.7 Å². The molecule has 1 aliphatic rings. The molecule has 0 spiro atoms. The van der Waals surface area contributed by atoms with Gasteiger partial charge in [0.15, 0.2) is 9.84 Å². The molecular formula is C10H18N2O2S. The van der Waals surface area contributed by atoms with Crippen molar-refractivity contribution in [2.45, 2.75) is 32.7 Å². The molecule has 0 aliphatic carbocycles. The standard InChI is InChI=1S/C10H18N2O2S/c1-10(2,8-11)4-5-12-9-3-6-15(13,14)7-9/h9,12H,3-7H2,1-2H3. The molecule has 0 radical (unpaired) electrons. The van der Waals surface area contributed by atoms with Crippen molar-refractivity contribution in [2.75, 3.05) is 18.1 Å². The number of nitrogens with one attached hydrogen (secondary N) is 1. The van der Waals surface area contributed by atoms with E-state index in [9.17, 15) is 8.42 Å². The number of sulfone groups is 1. The molecule has 0 saturated carbocycles. The van der Waals surface area contributed by atoms with Gasteiger partial charge in [-0.3, -0.25) is 0 Å². The van der Waals surface area contributed by atoms with Crippen molar-refractivity contribution in [3.8, 4) is 6.07 Å². The molecule has 0 aromatic heterocycles. The van der Waals surface area contributed by atoms with E-state index < -0.39 is 9.84 Å². The van der Waals surface area contributed by atoms with Gasteiger partial charge < -0.3 is 5.32 Å². The number of hydrogen-bond donors (Lipinski definition) is 1. The Labute approximate surface area is 91.6 Å². The van der Waals surface area contributed by atoms with Gasteiger partial charge in [0, 0.05) is 6.04 Å². The average Bonchev–Trinajstić information content (AvgIpc) is 2.45.